The van der Waals surface area contributed by atoms with E-state index in [0.717, 1.165) is 116 Å². The first-order valence-electron chi connectivity index (χ1n) is 25.1. The molecule has 0 aliphatic heterocycles. The molecule has 6 unspecified atom stereocenters. The van der Waals surface area contributed by atoms with Gasteiger partial charge < -0.3 is 4.74 Å². The summed E-state index contributed by atoms with van der Waals surface area (Å²) < 4.78 is 16.5. The molecule has 1 aromatic carbocycles. The summed E-state index contributed by atoms with van der Waals surface area (Å²) in [5, 5.41) is 9.47. The van der Waals surface area contributed by atoms with Gasteiger partial charge in [-0.05, 0) is 141 Å². The van der Waals surface area contributed by atoms with Crippen molar-refractivity contribution in [3.8, 4) is 6.26 Å². The number of nitriles is 1. The molecule has 0 N–H and O–H groups in total. The third kappa shape index (κ3) is 60.4. The Labute approximate surface area is 561 Å². The maximum Gasteiger partial charge on any atom is 0.286 e. The number of carbonyl (C=O) groups excluding carboxylic acids is 7. The zero-order chi connectivity index (χ0) is 60.3. The van der Waals surface area contributed by atoms with Gasteiger partial charge in [0.05, 0.1) is 46.6 Å². The fourth-order valence-corrected chi connectivity index (χ4v) is 13.3. The molecule has 0 aromatic heterocycles. The number of ether oxygens (including phenoxy) is 1. The molecule has 2 fully saturated rings. The van der Waals surface area contributed by atoms with Crippen molar-refractivity contribution in [3.63, 3.8) is 0 Å². The van der Waals surface area contributed by atoms with E-state index < -0.39 is 3.81 Å². The van der Waals surface area contributed by atoms with E-state index in [1.54, 1.807) is 30.6 Å². The van der Waals surface area contributed by atoms with Crippen LogP contribution >= 0.6 is 157 Å². The van der Waals surface area contributed by atoms with Crippen LogP contribution in [0.25, 0.3) is 0 Å². The van der Waals surface area contributed by atoms with Gasteiger partial charge in [0.1, 0.15) is 7.20 Å². The minimum absolute atomic E-state index is 0. The maximum atomic E-state index is 10.3. The van der Waals surface area contributed by atoms with Crippen LogP contribution < -0.4 is 0 Å². The topological polar surface area (TPSA) is 239 Å². The number of isocyanates is 7. The monoisotopic (exact) mass is 1600 g/mol. The van der Waals surface area contributed by atoms with Gasteiger partial charge in [-0.2, -0.15) is 91.1 Å². The fraction of sp³-hybridized carbons (Fsp3) is 0.736. The molecule has 0 radical (unpaired) electrons. The Balaban J connectivity index is -0.000000166. The molecule has 6 atom stereocenters. The first-order chi connectivity index (χ1) is 38.1. The van der Waals surface area contributed by atoms with Gasteiger partial charge >= 0.3 is 0 Å². The summed E-state index contributed by atoms with van der Waals surface area (Å²) in [5.41, 5.74) is 1.83. The Hall–Kier alpha value is -0.760. The van der Waals surface area contributed by atoms with Gasteiger partial charge in [0.25, 0.3) is 6.26 Å². The Morgan fingerprint density at radius 2 is 1.21 bits per heavy atom. The van der Waals surface area contributed by atoms with Crippen molar-refractivity contribution >= 4 is 200 Å². The summed E-state index contributed by atoms with van der Waals surface area (Å²) in [6.07, 6.45) is 23.3. The first kappa shape index (κ1) is 88.0. The minimum atomic E-state index is -0.430. The first-order valence-corrected chi connectivity index (χ1v) is 36.5. The van der Waals surface area contributed by atoms with Crippen LogP contribution in [0.15, 0.2) is 59.2 Å². The van der Waals surface area contributed by atoms with Crippen molar-refractivity contribution in [1.29, 1.82) is 7.13 Å². The second-order valence-electron chi connectivity index (χ2n) is 18.0. The van der Waals surface area contributed by atoms with E-state index in [2.05, 4.69) is 155 Å². The average molecular weight is 1600 g/mol. The number of halogens is 3. The minimum Gasteiger partial charge on any atom is -0.423 e. The number of benzene rings is 1. The molecular weight excluding hydrogens is 1510 g/mol. The van der Waals surface area contributed by atoms with Gasteiger partial charge in [0.15, 0.2) is 0 Å². The lowest BCUT2D eigenvalue weighted by atomic mass is 9.63. The van der Waals surface area contributed by atoms with Crippen molar-refractivity contribution in [2.75, 3.05) is 78.7 Å². The molecule has 0 bridgehead atoms. The van der Waals surface area contributed by atoms with Crippen LogP contribution in [0, 0.1) is 34.2 Å². The van der Waals surface area contributed by atoms with Crippen LogP contribution in [0.5, 0.6) is 0 Å². The Kier molecular flexibility index (Phi) is 75.9. The highest BCUT2D eigenvalue weighted by Crippen LogP contribution is 2.47. The molecule has 0 amide bonds. The second-order valence-corrected chi connectivity index (χ2v) is 32.1. The lowest BCUT2D eigenvalue weighted by Gasteiger charge is -2.44. The highest BCUT2D eigenvalue weighted by Gasteiger charge is 2.41. The van der Waals surface area contributed by atoms with Gasteiger partial charge in [-0.1, -0.05) is 86.6 Å². The van der Waals surface area contributed by atoms with Crippen molar-refractivity contribution in [2.45, 2.75) is 143 Å². The van der Waals surface area contributed by atoms with Crippen molar-refractivity contribution < 1.29 is 38.3 Å². The van der Waals surface area contributed by atoms with Crippen molar-refractivity contribution in [1.82, 2.24) is 0 Å². The van der Waals surface area contributed by atoms with Gasteiger partial charge in [0.2, 0.25) is 42.6 Å². The number of hydrogen-bond acceptors (Lipinski definition) is 23. The Morgan fingerprint density at radius 1 is 0.738 bits per heavy atom. The molecule has 27 heteroatoms. The van der Waals surface area contributed by atoms with Crippen molar-refractivity contribution in [3.05, 3.63) is 35.4 Å². The predicted octanol–water partition coefficient (Wildman–Crippen LogP) is 15.0. The third-order valence-electron chi connectivity index (χ3n) is 10.8. The molecule has 0 spiro atoms. The molecule has 2 aliphatic carbocycles. The van der Waals surface area contributed by atoms with Crippen LogP contribution in [0.4, 0.5) is 0 Å². The van der Waals surface area contributed by atoms with Crippen LogP contribution in [-0.2, 0) is 51.5 Å². The van der Waals surface area contributed by atoms with Crippen LogP contribution in [0.3, 0.4) is 0 Å². The summed E-state index contributed by atoms with van der Waals surface area (Å²) in [4.78, 5) is 94.5. The van der Waals surface area contributed by atoms with Gasteiger partial charge in [0, 0.05) is 48.8 Å². The van der Waals surface area contributed by atoms with Crippen LogP contribution in [-0.4, -0.2) is 140 Å². The molecular formula is C53H88I3N8O8PS7. The molecule has 80 heavy (non-hydrogen) atoms. The molecule has 456 valence electrons. The molecule has 16 nitrogen and oxygen atoms in total. The molecule has 0 saturated heterocycles. The predicted molar refractivity (Wildman–Crippen MR) is 382 cm³/mol. The second kappa shape index (κ2) is 69.0. The van der Waals surface area contributed by atoms with E-state index in [0.29, 0.717) is 61.6 Å². The summed E-state index contributed by atoms with van der Waals surface area (Å²) in [7, 11) is 0. The molecule has 3 rings (SSSR count). The Morgan fingerprint density at radius 3 is 1.64 bits per heavy atom. The lowest BCUT2D eigenvalue weighted by molar-refractivity contribution is 0.0915. The van der Waals surface area contributed by atoms with Crippen molar-refractivity contribution in [2.24, 2.45) is 57.6 Å². The van der Waals surface area contributed by atoms with E-state index in [4.69, 9.17) is 7.13 Å². The maximum absolute atomic E-state index is 10.3. The lowest BCUT2D eigenvalue weighted by Crippen LogP contribution is -2.39. The summed E-state index contributed by atoms with van der Waals surface area (Å²) in [6, 6.07) is 7.35. The number of thioether (sulfide) groups is 3. The zero-order valence-corrected chi connectivity index (χ0v) is 57.4. The quantitative estimate of drug-likeness (QED) is 0.0107. The molecule has 1 aromatic rings. The Bertz CT molecular complexity index is 2040. The summed E-state index contributed by atoms with van der Waals surface area (Å²) in [5.74, 6) is 9.38. The van der Waals surface area contributed by atoms with Crippen LogP contribution in [0.1, 0.15) is 125 Å². The number of unbranched alkanes of at least 4 members (excludes halogenated alkanes) is 3. The van der Waals surface area contributed by atoms with E-state index in [9.17, 15) is 33.6 Å². The number of hydrogen-bond donors (Lipinski definition) is 4. The third-order valence-corrected chi connectivity index (χ3v) is 17.4. The van der Waals surface area contributed by atoms with Gasteiger partial charge in [-0.15, -0.1) is 23.8 Å². The summed E-state index contributed by atoms with van der Waals surface area (Å²) in [6.45, 7) is 9.67. The van der Waals surface area contributed by atoms with Crippen LogP contribution in [0.2, 0.25) is 0 Å². The normalized spacial score (nSPS) is 17.4. The number of aliphatic imine (C=N–C) groups is 7. The average Bonchev–Trinajstić information content (AvgIpc) is 3.43. The van der Waals surface area contributed by atoms with Gasteiger partial charge in [-0.3, -0.25) is 0 Å². The zero-order valence-electron chi connectivity index (χ0n) is 46.0. The highest BCUT2D eigenvalue weighted by atomic mass is 127. The van der Waals surface area contributed by atoms with E-state index >= 15 is 0 Å². The fourth-order valence-electron chi connectivity index (χ4n) is 8.14. The molecule has 0 heterocycles. The largest absolute Gasteiger partial charge is 0.423 e. The highest BCUT2D eigenvalue weighted by molar-refractivity contribution is 14.3. The standard InChI is InChI=1S/C12H18N2O2.C10H8N2O2.C10H14N2O2.C10H22S7.C8H12N2O2.3CH4.HI2P.HI/c1-11(2)4-10(14-9-16)5-12(3,6-11)7-13-8-15;11-7-14-6-10-3-1-2-9(4-10)5-12-8-13;13-7-11-5-9-2-1-3-10(4-9)6-12-8-14;11-1-3-15-7-9(5-13)17-10(6-14)8-16-4-2-12;11-7-9-5-3-1-2-4-6-10-8-12;;;;1-3-2;/h10H,4-7H2,1-3H3;1-4H,5-6H2;9-10H,1-6H2;9-14H,1-8H2;1-6H2;3*1H4;3H;1H/i;;;;;;;;3D;/hD. The van der Waals surface area contributed by atoms with E-state index in [-0.39, 0.29) is 45.8 Å². The number of thiol groups is 4. The number of rotatable bonds is 30. The van der Waals surface area contributed by atoms with E-state index in [1.165, 1.54) is 53.5 Å². The molecule has 2 saturated carbocycles. The SMILES string of the molecule is C.C.C.CC1(C)CC(N=C=O)CC(C)(CN=C=O)C1.N#COCc1cccc(CN=C=O)c1.O=C=NCC1CCCC(CN=C=O)C1.O=C=NCCCCCCN=C=O.SCCSCC(CS)SC(CS)CSCCS.[2H]I.[2H]P(I)I. The molecule has 2 aliphatic rings. The van der Waals surface area contributed by atoms with E-state index in [1.807, 2.05) is 59.6 Å². The number of nitrogens with zero attached hydrogens (tertiary/aromatic N) is 8. The van der Waals surface area contributed by atoms with Gasteiger partial charge in [-0.25, -0.2) is 68.5 Å². The summed E-state index contributed by atoms with van der Waals surface area (Å²) >= 11 is 28.9. The smallest absolute Gasteiger partial charge is 0.286 e.